The second kappa shape index (κ2) is 6.39. The van der Waals surface area contributed by atoms with Crippen molar-refractivity contribution in [2.75, 3.05) is 6.61 Å². The van der Waals surface area contributed by atoms with Gasteiger partial charge in [-0.05, 0) is 42.7 Å². The molecule has 0 radical (unpaired) electrons. The van der Waals surface area contributed by atoms with Crippen LogP contribution in [0.5, 0.6) is 5.75 Å². The van der Waals surface area contributed by atoms with Crippen LogP contribution in [0.2, 0.25) is 0 Å². The number of hydrogen-bond acceptors (Lipinski definition) is 3. The summed E-state index contributed by atoms with van der Waals surface area (Å²) in [7, 11) is 0. The molecule has 1 aliphatic carbocycles. The van der Waals surface area contributed by atoms with Gasteiger partial charge in [0.15, 0.2) is 6.61 Å². The highest BCUT2D eigenvalue weighted by molar-refractivity contribution is 6.04. The van der Waals surface area contributed by atoms with Crippen molar-refractivity contribution in [1.29, 1.82) is 0 Å². The Morgan fingerprint density at radius 3 is 2.73 bits per heavy atom. The summed E-state index contributed by atoms with van der Waals surface area (Å²) in [5, 5.41) is 4.17. The number of carbonyl (C=O) groups is 1. The fourth-order valence-corrected chi connectivity index (χ4v) is 2.37. The topological polar surface area (TPSA) is 50.7 Å². The van der Waals surface area contributed by atoms with Crippen LogP contribution in [0.25, 0.3) is 0 Å². The van der Waals surface area contributed by atoms with Crippen molar-refractivity contribution in [2.24, 2.45) is 5.10 Å². The first kappa shape index (κ1) is 14.3. The summed E-state index contributed by atoms with van der Waals surface area (Å²) in [6.07, 6.45) is 1.76. The van der Waals surface area contributed by atoms with Crippen LogP contribution < -0.4 is 10.2 Å². The Hall–Kier alpha value is -2.69. The zero-order chi connectivity index (χ0) is 15.4. The second-order valence-corrected chi connectivity index (χ2v) is 4.99. The van der Waals surface area contributed by atoms with Gasteiger partial charge in [0, 0.05) is 5.56 Å². The number of halogens is 1. The van der Waals surface area contributed by atoms with Gasteiger partial charge in [0.05, 0.1) is 5.71 Å². The summed E-state index contributed by atoms with van der Waals surface area (Å²) in [4.78, 5) is 11.7. The van der Waals surface area contributed by atoms with Crippen LogP contribution in [0.4, 0.5) is 4.39 Å². The van der Waals surface area contributed by atoms with E-state index in [1.54, 1.807) is 0 Å². The number of carbonyl (C=O) groups excluding carboxylic acids is 1. The Morgan fingerprint density at radius 2 is 1.91 bits per heavy atom. The molecular weight excluding hydrogens is 283 g/mol. The number of ether oxygens (including phenoxy) is 1. The van der Waals surface area contributed by atoms with Crippen LogP contribution in [0, 0.1) is 5.82 Å². The summed E-state index contributed by atoms with van der Waals surface area (Å²) < 4.78 is 18.0. The first-order valence-corrected chi connectivity index (χ1v) is 7.04. The van der Waals surface area contributed by atoms with Crippen LogP contribution in [-0.4, -0.2) is 18.2 Å². The monoisotopic (exact) mass is 298 g/mol. The van der Waals surface area contributed by atoms with E-state index in [0.29, 0.717) is 5.75 Å². The first-order chi connectivity index (χ1) is 10.7. The van der Waals surface area contributed by atoms with Gasteiger partial charge in [-0.2, -0.15) is 5.10 Å². The SMILES string of the molecule is O=C(COc1ccc(F)cc1)N/N=C1\CCc2ccccc21. The Kier molecular flexibility index (Phi) is 4.14. The van der Waals surface area contributed by atoms with Gasteiger partial charge in [0.2, 0.25) is 0 Å². The van der Waals surface area contributed by atoms with Gasteiger partial charge in [-0.1, -0.05) is 24.3 Å². The molecule has 112 valence electrons. The summed E-state index contributed by atoms with van der Waals surface area (Å²) >= 11 is 0. The summed E-state index contributed by atoms with van der Waals surface area (Å²) in [5.74, 6) is -0.250. The minimum Gasteiger partial charge on any atom is -0.484 e. The maximum atomic E-state index is 12.7. The highest BCUT2D eigenvalue weighted by atomic mass is 19.1. The Bertz CT molecular complexity index is 711. The molecule has 0 saturated heterocycles. The van der Waals surface area contributed by atoms with E-state index in [-0.39, 0.29) is 18.3 Å². The van der Waals surface area contributed by atoms with E-state index in [4.69, 9.17) is 4.74 Å². The van der Waals surface area contributed by atoms with Crippen LogP contribution in [-0.2, 0) is 11.2 Å². The maximum Gasteiger partial charge on any atom is 0.277 e. The Morgan fingerprint density at radius 1 is 1.14 bits per heavy atom. The second-order valence-electron chi connectivity index (χ2n) is 4.99. The lowest BCUT2D eigenvalue weighted by molar-refractivity contribution is -0.123. The lowest BCUT2D eigenvalue weighted by Gasteiger charge is -2.05. The molecule has 0 aromatic heterocycles. The largest absolute Gasteiger partial charge is 0.484 e. The van der Waals surface area contributed by atoms with E-state index in [0.717, 1.165) is 24.1 Å². The molecule has 2 aromatic carbocycles. The van der Waals surface area contributed by atoms with E-state index in [9.17, 15) is 9.18 Å². The van der Waals surface area contributed by atoms with Crippen molar-refractivity contribution in [3.05, 3.63) is 65.5 Å². The number of nitrogens with one attached hydrogen (secondary N) is 1. The van der Waals surface area contributed by atoms with Crippen LogP contribution in [0.3, 0.4) is 0 Å². The molecular formula is C17H15FN2O2. The molecule has 3 rings (SSSR count). The predicted octanol–water partition coefficient (Wildman–Crippen LogP) is 2.67. The highest BCUT2D eigenvalue weighted by Crippen LogP contribution is 2.21. The maximum absolute atomic E-state index is 12.7. The van der Waals surface area contributed by atoms with Gasteiger partial charge in [-0.3, -0.25) is 4.79 Å². The van der Waals surface area contributed by atoms with Gasteiger partial charge >= 0.3 is 0 Å². The molecule has 0 fully saturated rings. The predicted molar refractivity (Wildman–Crippen MR) is 81.3 cm³/mol. The molecule has 1 aliphatic rings. The number of benzene rings is 2. The fraction of sp³-hybridized carbons (Fsp3) is 0.176. The minimum atomic E-state index is -0.346. The van der Waals surface area contributed by atoms with Crippen LogP contribution >= 0.6 is 0 Å². The van der Waals surface area contributed by atoms with Crippen molar-refractivity contribution in [2.45, 2.75) is 12.8 Å². The number of aryl methyl sites for hydroxylation is 1. The third kappa shape index (κ3) is 3.31. The van der Waals surface area contributed by atoms with Gasteiger partial charge in [0.25, 0.3) is 5.91 Å². The van der Waals surface area contributed by atoms with Crippen molar-refractivity contribution in [1.82, 2.24) is 5.43 Å². The Balaban J connectivity index is 1.55. The van der Waals surface area contributed by atoms with Crippen molar-refractivity contribution < 1.29 is 13.9 Å². The summed E-state index contributed by atoms with van der Waals surface area (Å²) in [6.45, 7) is -0.163. The third-order valence-corrected chi connectivity index (χ3v) is 3.46. The molecule has 0 saturated carbocycles. The number of hydrogen-bond donors (Lipinski definition) is 1. The average Bonchev–Trinajstić information content (AvgIpc) is 2.96. The van der Waals surface area contributed by atoms with Crippen molar-refractivity contribution >= 4 is 11.6 Å². The summed E-state index contributed by atoms with van der Waals surface area (Å²) in [6, 6.07) is 13.5. The normalized spacial score (nSPS) is 14.7. The molecule has 0 unspecified atom stereocenters. The van der Waals surface area contributed by atoms with E-state index >= 15 is 0 Å². The van der Waals surface area contributed by atoms with Crippen molar-refractivity contribution in [3.63, 3.8) is 0 Å². The van der Waals surface area contributed by atoms with Crippen LogP contribution in [0.1, 0.15) is 17.5 Å². The molecule has 0 heterocycles. The molecule has 1 amide bonds. The molecule has 0 atom stereocenters. The number of hydrazone groups is 1. The van der Waals surface area contributed by atoms with Gasteiger partial charge in [0.1, 0.15) is 11.6 Å². The number of fused-ring (bicyclic) bond motifs is 1. The quantitative estimate of drug-likeness (QED) is 0.882. The zero-order valence-corrected chi connectivity index (χ0v) is 11.9. The van der Waals surface area contributed by atoms with Crippen LogP contribution in [0.15, 0.2) is 53.6 Å². The third-order valence-electron chi connectivity index (χ3n) is 3.46. The fourth-order valence-electron chi connectivity index (χ4n) is 2.37. The smallest absolute Gasteiger partial charge is 0.277 e. The lowest BCUT2D eigenvalue weighted by Crippen LogP contribution is -2.25. The van der Waals surface area contributed by atoms with Gasteiger partial charge < -0.3 is 4.74 Å². The van der Waals surface area contributed by atoms with Gasteiger partial charge in [-0.25, -0.2) is 9.82 Å². The standard InChI is InChI=1S/C17H15FN2O2/c18-13-6-8-14(9-7-13)22-11-17(21)20-19-16-10-5-12-3-1-2-4-15(12)16/h1-4,6-9H,5,10-11H2,(H,20,21)/b19-16+. The van der Waals surface area contributed by atoms with Gasteiger partial charge in [-0.15, -0.1) is 0 Å². The molecule has 0 bridgehead atoms. The van der Waals surface area contributed by atoms with E-state index in [1.807, 2.05) is 18.2 Å². The Labute approximate surface area is 127 Å². The minimum absolute atomic E-state index is 0.163. The zero-order valence-electron chi connectivity index (χ0n) is 11.9. The first-order valence-electron chi connectivity index (χ1n) is 7.04. The van der Waals surface area contributed by atoms with Crippen molar-refractivity contribution in [3.8, 4) is 5.75 Å². The molecule has 22 heavy (non-hydrogen) atoms. The van der Waals surface area contributed by atoms with E-state index in [1.165, 1.54) is 29.8 Å². The molecule has 0 aliphatic heterocycles. The summed E-state index contributed by atoms with van der Waals surface area (Å²) in [5.41, 5.74) is 5.71. The molecule has 0 spiro atoms. The highest BCUT2D eigenvalue weighted by Gasteiger charge is 2.17. The number of amides is 1. The number of nitrogens with zero attached hydrogens (tertiary/aromatic N) is 1. The molecule has 1 N–H and O–H groups in total. The number of rotatable bonds is 4. The molecule has 4 nitrogen and oxygen atoms in total. The van der Waals surface area contributed by atoms with E-state index < -0.39 is 0 Å². The molecule has 5 heteroatoms. The van der Waals surface area contributed by atoms with E-state index in [2.05, 4.69) is 16.6 Å². The lowest BCUT2D eigenvalue weighted by atomic mass is 10.1. The molecule has 2 aromatic rings. The average molecular weight is 298 g/mol.